The number of benzene rings is 2. The molecule has 0 radical (unpaired) electrons. The van der Waals surface area contributed by atoms with E-state index >= 15 is 0 Å². The van der Waals surface area contributed by atoms with E-state index in [0.717, 1.165) is 32.1 Å². The Bertz CT molecular complexity index is 1130. The minimum absolute atomic E-state index is 0. The van der Waals surface area contributed by atoms with E-state index in [1.165, 1.54) is 11.1 Å². The molecule has 0 saturated carbocycles. The Morgan fingerprint density at radius 3 is 2.52 bits per heavy atom. The molecule has 0 saturated heterocycles. The van der Waals surface area contributed by atoms with Gasteiger partial charge in [0.1, 0.15) is 0 Å². The highest BCUT2D eigenvalue weighted by atomic mass is 35.5. The molecular formula is C21H23ClN4OS2. The molecule has 0 atom stereocenters. The number of halogens is 1. The maximum Gasteiger partial charge on any atom is 0.260 e. The SMILES string of the molecule is Cc1cc2nc(N(CCN(C)C)C(=O)c3ccc4ncsc4c3)sc2cc1C.Cl. The van der Waals surface area contributed by atoms with Crippen molar-refractivity contribution in [3.05, 3.63) is 52.5 Å². The fourth-order valence-electron chi connectivity index (χ4n) is 3.01. The molecule has 0 aliphatic heterocycles. The standard InChI is InChI=1S/C21H22N4OS2.ClH/c1-13-9-17-19(10-14(13)2)28-21(23-17)25(8-7-24(3)4)20(26)15-5-6-16-18(11-15)27-12-22-16;/h5-6,9-12H,7-8H2,1-4H3;1H. The van der Waals surface area contributed by atoms with Crippen molar-refractivity contribution in [3.8, 4) is 0 Å². The Morgan fingerprint density at radius 1 is 1.00 bits per heavy atom. The second kappa shape index (κ2) is 8.75. The lowest BCUT2D eigenvalue weighted by molar-refractivity contribution is 0.0985. The van der Waals surface area contributed by atoms with Gasteiger partial charge in [0.25, 0.3) is 5.91 Å². The van der Waals surface area contributed by atoms with E-state index in [2.05, 4.69) is 35.9 Å². The summed E-state index contributed by atoms with van der Waals surface area (Å²) in [5, 5.41) is 0.747. The average Bonchev–Trinajstić information content (AvgIpc) is 3.27. The van der Waals surface area contributed by atoms with Crippen LogP contribution in [0.1, 0.15) is 21.5 Å². The lowest BCUT2D eigenvalue weighted by Gasteiger charge is -2.22. The van der Waals surface area contributed by atoms with Gasteiger partial charge in [-0.3, -0.25) is 9.69 Å². The zero-order valence-corrected chi connectivity index (χ0v) is 19.2. The number of aryl methyl sites for hydroxylation is 2. The van der Waals surface area contributed by atoms with Crippen molar-refractivity contribution in [3.63, 3.8) is 0 Å². The number of thiazole rings is 2. The van der Waals surface area contributed by atoms with Crippen molar-refractivity contribution in [1.82, 2.24) is 14.9 Å². The zero-order valence-electron chi connectivity index (χ0n) is 16.8. The molecule has 0 unspecified atom stereocenters. The highest BCUT2D eigenvalue weighted by molar-refractivity contribution is 7.22. The molecular weight excluding hydrogens is 424 g/mol. The second-order valence-corrected chi connectivity index (χ2v) is 9.09. The summed E-state index contributed by atoms with van der Waals surface area (Å²) in [5.41, 5.74) is 6.80. The molecule has 2 aromatic heterocycles. The van der Waals surface area contributed by atoms with Crippen LogP contribution in [0.2, 0.25) is 0 Å². The van der Waals surface area contributed by atoms with E-state index < -0.39 is 0 Å². The number of amides is 1. The summed E-state index contributed by atoms with van der Waals surface area (Å²) in [4.78, 5) is 26.4. The molecule has 0 bridgehead atoms. The maximum atomic E-state index is 13.4. The van der Waals surface area contributed by atoms with Gasteiger partial charge in [0.2, 0.25) is 0 Å². The van der Waals surface area contributed by atoms with Crippen LogP contribution >= 0.6 is 35.1 Å². The quantitative estimate of drug-likeness (QED) is 0.425. The van der Waals surface area contributed by atoms with Crippen LogP contribution in [0, 0.1) is 13.8 Å². The lowest BCUT2D eigenvalue weighted by Crippen LogP contribution is -2.36. The van der Waals surface area contributed by atoms with Crippen LogP contribution in [-0.4, -0.2) is 48.0 Å². The van der Waals surface area contributed by atoms with Crippen LogP contribution in [0.4, 0.5) is 5.13 Å². The van der Waals surface area contributed by atoms with Gasteiger partial charge in [-0.15, -0.1) is 23.7 Å². The van der Waals surface area contributed by atoms with Crippen LogP contribution < -0.4 is 4.90 Å². The predicted octanol–water partition coefficient (Wildman–Crippen LogP) is 5.15. The maximum absolute atomic E-state index is 13.4. The van der Waals surface area contributed by atoms with Crippen molar-refractivity contribution in [1.29, 1.82) is 0 Å². The van der Waals surface area contributed by atoms with E-state index in [1.54, 1.807) is 33.1 Å². The average molecular weight is 447 g/mol. The second-order valence-electron chi connectivity index (χ2n) is 7.20. The number of aromatic nitrogens is 2. The van der Waals surface area contributed by atoms with Crippen molar-refractivity contribution < 1.29 is 4.79 Å². The fraction of sp³-hybridized carbons (Fsp3) is 0.286. The first-order valence-electron chi connectivity index (χ1n) is 9.10. The van der Waals surface area contributed by atoms with E-state index in [1.807, 2.05) is 32.3 Å². The van der Waals surface area contributed by atoms with Gasteiger partial charge in [0.15, 0.2) is 5.13 Å². The summed E-state index contributed by atoms with van der Waals surface area (Å²) in [6.45, 7) is 5.55. The highest BCUT2D eigenvalue weighted by Gasteiger charge is 2.22. The monoisotopic (exact) mass is 446 g/mol. The molecule has 4 aromatic rings. The van der Waals surface area contributed by atoms with Crippen LogP contribution in [0.5, 0.6) is 0 Å². The molecule has 5 nitrogen and oxygen atoms in total. The number of rotatable bonds is 5. The topological polar surface area (TPSA) is 49.3 Å². The van der Waals surface area contributed by atoms with Gasteiger partial charge in [-0.05, 0) is 69.4 Å². The molecule has 4 rings (SSSR count). The largest absolute Gasteiger partial charge is 0.308 e. The lowest BCUT2D eigenvalue weighted by atomic mass is 10.1. The molecule has 152 valence electrons. The third-order valence-electron chi connectivity index (χ3n) is 4.82. The molecule has 0 spiro atoms. The van der Waals surface area contributed by atoms with Crippen LogP contribution in [0.25, 0.3) is 20.4 Å². The molecule has 0 aliphatic rings. The molecule has 1 amide bonds. The minimum atomic E-state index is -0.0235. The van der Waals surface area contributed by atoms with Crippen LogP contribution in [0.15, 0.2) is 35.8 Å². The molecule has 0 aliphatic carbocycles. The van der Waals surface area contributed by atoms with Gasteiger partial charge in [0.05, 0.1) is 25.9 Å². The molecule has 8 heteroatoms. The number of likely N-dealkylation sites (N-methyl/N-ethyl adjacent to an activating group) is 1. The zero-order chi connectivity index (χ0) is 19.8. The normalized spacial score (nSPS) is 11.2. The Hall–Kier alpha value is -2.06. The summed E-state index contributed by atoms with van der Waals surface area (Å²) >= 11 is 3.12. The van der Waals surface area contributed by atoms with Gasteiger partial charge in [-0.1, -0.05) is 11.3 Å². The number of fused-ring (bicyclic) bond motifs is 2. The third kappa shape index (κ3) is 4.43. The number of carbonyl (C=O) groups excluding carboxylic acids is 1. The number of carbonyl (C=O) groups is 1. The van der Waals surface area contributed by atoms with Crippen molar-refractivity contribution >= 4 is 66.6 Å². The first-order chi connectivity index (χ1) is 13.4. The number of anilines is 1. The van der Waals surface area contributed by atoms with Crippen LogP contribution in [-0.2, 0) is 0 Å². The van der Waals surface area contributed by atoms with Gasteiger partial charge < -0.3 is 4.90 Å². The third-order valence-corrected chi connectivity index (χ3v) is 6.65. The molecule has 0 fully saturated rings. The fourth-order valence-corrected chi connectivity index (χ4v) is 4.80. The van der Waals surface area contributed by atoms with Gasteiger partial charge in [-0.25, -0.2) is 9.97 Å². The van der Waals surface area contributed by atoms with Gasteiger partial charge in [-0.2, -0.15) is 0 Å². The molecule has 2 heterocycles. The molecule has 0 N–H and O–H groups in total. The molecule has 29 heavy (non-hydrogen) atoms. The Morgan fingerprint density at radius 2 is 1.76 bits per heavy atom. The summed E-state index contributed by atoms with van der Waals surface area (Å²) in [7, 11) is 4.02. The number of hydrogen-bond donors (Lipinski definition) is 0. The Kier molecular flexibility index (Phi) is 6.53. The Balaban J connectivity index is 0.00000240. The smallest absolute Gasteiger partial charge is 0.260 e. The van der Waals surface area contributed by atoms with Crippen molar-refractivity contribution in [2.24, 2.45) is 0 Å². The van der Waals surface area contributed by atoms with Gasteiger partial charge >= 0.3 is 0 Å². The van der Waals surface area contributed by atoms with Crippen molar-refractivity contribution in [2.75, 3.05) is 32.1 Å². The minimum Gasteiger partial charge on any atom is -0.308 e. The van der Waals surface area contributed by atoms with Gasteiger partial charge in [0, 0.05) is 18.7 Å². The van der Waals surface area contributed by atoms with E-state index in [4.69, 9.17) is 4.98 Å². The predicted molar refractivity (Wildman–Crippen MR) is 126 cm³/mol. The van der Waals surface area contributed by atoms with Crippen molar-refractivity contribution in [2.45, 2.75) is 13.8 Å². The summed E-state index contributed by atoms with van der Waals surface area (Å²) in [6.07, 6.45) is 0. The summed E-state index contributed by atoms with van der Waals surface area (Å²) < 4.78 is 2.13. The van der Waals surface area contributed by atoms with E-state index in [0.29, 0.717) is 12.1 Å². The molecule has 2 aromatic carbocycles. The first kappa shape index (κ1) is 21.6. The first-order valence-corrected chi connectivity index (χ1v) is 10.8. The number of hydrogen-bond acceptors (Lipinski definition) is 6. The number of nitrogens with zero attached hydrogens (tertiary/aromatic N) is 4. The van der Waals surface area contributed by atoms with E-state index in [9.17, 15) is 4.79 Å². The Labute approximate surface area is 184 Å². The van der Waals surface area contributed by atoms with E-state index in [-0.39, 0.29) is 18.3 Å². The highest BCUT2D eigenvalue weighted by Crippen LogP contribution is 2.32. The summed E-state index contributed by atoms with van der Waals surface area (Å²) in [6, 6.07) is 9.95. The van der Waals surface area contributed by atoms with Crippen LogP contribution in [0.3, 0.4) is 0 Å². The summed E-state index contributed by atoms with van der Waals surface area (Å²) in [5.74, 6) is -0.0235.